The maximum atomic E-state index is 11.5. The van der Waals surface area contributed by atoms with E-state index in [0.29, 0.717) is 6.42 Å². The highest BCUT2D eigenvalue weighted by Crippen LogP contribution is 2.13. The van der Waals surface area contributed by atoms with Crippen LogP contribution in [0.1, 0.15) is 25.0 Å². The normalized spacial score (nSPS) is 11.6. The Labute approximate surface area is 119 Å². The Bertz CT molecular complexity index is 516. The van der Waals surface area contributed by atoms with Gasteiger partial charge in [-0.2, -0.15) is 0 Å². The first-order valence-electron chi connectivity index (χ1n) is 6.60. The molecule has 0 saturated heterocycles. The largest absolute Gasteiger partial charge is 0.481 e. The minimum Gasteiger partial charge on any atom is -0.481 e. The van der Waals surface area contributed by atoms with Crippen LogP contribution in [-0.4, -0.2) is 23.5 Å². The van der Waals surface area contributed by atoms with Gasteiger partial charge in [-0.15, -0.1) is 0 Å². The van der Waals surface area contributed by atoms with Crippen molar-refractivity contribution in [3.05, 3.63) is 47.0 Å². The lowest BCUT2D eigenvalue weighted by Crippen LogP contribution is -2.33. The zero-order valence-electron chi connectivity index (χ0n) is 12.1. The van der Waals surface area contributed by atoms with Gasteiger partial charge in [-0.3, -0.25) is 9.59 Å². The molecule has 1 rings (SSSR count). The van der Waals surface area contributed by atoms with Crippen molar-refractivity contribution in [2.75, 3.05) is 6.54 Å². The standard InChI is InChI=1S/C16H21NO3/c1-11(2)8-15(18)17-10-14(16(19)20)9-13-7-5-4-6-12(13)3/h4-8,14H,9-10H2,1-3H3,(H,17,18)(H,19,20). The molecular weight excluding hydrogens is 254 g/mol. The molecule has 4 heteroatoms. The quantitative estimate of drug-likeness (QED) is 0.783. The molecule has 0 fully saturated rings. The van der Waals surface area contributed by atoms with Crippen LogP contribution >= 0.6 is 0 Å². The zero-order valence-corrected chi connectivity index (χ0v) is 12.1. The van der Waals surface area contributed by atoms with Crippen LogP contribution in [-0.2, 0) is 16.0 Å². The van der Waals surface area contributed by atoms with E-state index in [4.69, 9.17) is 0 Å². The summed E-state index contributed by atoms with van der Waals surface area (Å²) in [6.07, 6.45) is 1.88. The molecule has 0 bridgehead atoms. The zero-order chi connectivity index (χ0) is 15.1. The summed E-state index contributed by atoms with van der Waals surface area (Å²) in [6, 6.07) is 7.69. The summed E-state index contributed by atoms with van der Waals surface area (Å²) < 4.78 is 0. The van der Waals surface area contributed by atoms with Crippen LogP contribution in [0.2, 0.25) is 0 Å². The maximum absolute atomic E-state index is 11.5. The summed E-state index contributed by atoms with van der Waals surface area (Å²) in [5.74, 6) is -1.77. The number of carbonyl (C=O) groups excluding carboxylic acids is 1. The van der Waals surface area contributed by atoms with E-state index in [0.717, 1.165) is 16.7 Å². The van der Waals surface area contributed by atoms with Crippen LogP contribution < -0.4 is 5.32 Å². The van der Waals surface area contributed by atoms with Gasteiger partial charge in [0.2, 0.25) is 5.91 Å². The van der Waals surface area contributed by atoms with Gasteiger partial charge in [0.05, 0.1) is 5.92 Å². The number of hydrogen-bond acceptors (Lipinski definition) is 2. The Morgan fingerprint density at radius 2 is 1.95 bits per heavy atom. The van der Waals surface area contributed by atoms with Gasteiger partial charge < -0.3 is 10.4 Å². The maximum Gasteiger partial charge on any atom is 0.308 e. The summed E-state index contributed by atoms with van der Waals surface area (Å²) in [5.41, 5.74) is 2.94. The van der Waals surface area contributed by atoms with Gasteiger partial charge in [0, 0.05) is 12.6 Å². The molecule has 0 aromatic heterocycles. The Morgan fingerprint density at radius 1 is 1.30 bits per heavy atom. The number of allylic oxidation sites excluding steroid dienone is 1. The van der Waals surface area contributed by atoms with E-state index >= 15 is 0 Å². The molecule has 1 amide bonds. The highest BCUT2D eigenvalue weighted by molar-refractivity contribution is 5.88. The molecule has 0 heterocycles. The molecule has 0 aliphatic rings. The number of aliphatic carboxylic acids is 1. The summed E-state index contributed by atoms with van der Waals surface area (Å²) in [6.45, 7) is 5.73. The topological polar surface area (TPSA) is 66.4 Å². The number of nitrogens with one attached hydrogen (secondary N) is 1. The van der Waals surface area contributed by atoms with E-state index in [1.54, 1.807) is 0 Å². The molecule has 1 unspecified atom stereocenters. The van der Waals surface area contributed by atoms with E-state index in [1.807, 2.05) is 45.0 Å². The number of carboxylic acids is 1. The van der Waals surface area contributed by atoms with Crippen molar-refractivity contribution in [2.45, 2.75) is 27.2 Å². The number of hydrogen-bond donors (Lipinski definition) is 2. The fraction of sp³-hybridized carbons (Fsp3) is 0.375. The third-order valence-corrected chi connectivity index (χ3v) is 3.02. The fourth-order valence-corrected chi connectivity index (χ4v) is 1.89. The van der Waals surface area contributed by atoms with Crippen molar-refractivity contribution >= 4 is 11.9 Å². The third kappa shape index (κ3) is 5.26. The monoisotopic (exact) mass is 275 g/mol. The predicted molar refractivity (Wildman–Crippen MR) is 78.4 cm³/mol. The minimum atomic E-state index is -0.897. The molecule has 0 saturated carbocycles. The van der Waals surface area contributed by atoms with E-state index in [2.05, 4.69) is 5.32 Å². The van der Waals surface area contributed by atoms with Crippen molar-refractivity contribution < 1.29 is 14.7 Å². The molecule has 0 radical (unpaired) electrons. The average molecular weight is 275 g/mol. The molecular formula is C16H21NO3. The SMILES string of the molecule is CC(C)=CC(=O)NCC(Cc1ccccc1C)C(=O)O. The van der Waals surface area contributed by atoms with Gasteiger partial charge in [-0.1, -0.05) is 29.8 Å². The molecule has 1 atom stereocenters. The first-order chi connectivity index (χ1) is 9.40. The van der Waals surface area contributed by atoms with Gasteiger partial charge in [-0.05, 0) is 38.3 Å². The molecule has 0 spiro atoms. The van der Waals surface area contributed by atoms with Crippen molar-refractivity contribution in [3.8, 4) is 0 Å². The second-order valence-corrected chi connectivity index (χ2v) is 5.13. The van der Waals surface area contributed by atoms with E-state index < -0.39 is 11.9 Å². The van der Waals surface area contributed by atoms with Gasteiger partial charge in [0.25, 0.3) is 0 Å². The smallest absolute Gasteiger partial charge is 0.308 e. The van der Waals surface area contributed by atoms with Crippen LogP contribution in [0.3, 0.4) is 0 Å². The Hall–Kier alpha value is -2.10. The van der Waals surface area contributed by atoms with Gasteiger partial charge in [0.15, 0.2) is 0 Å². The average Bonchev–Trinajstić information content (AvgIpc) is 2.35. The fourth-order valence-electron chi connectivity index (χ4n) is 1.89. The molecule has 0 aliphatic carbocycles. The number of rotatable bonds is 6. The lowest BCUT2D eigenvalue weighted by Gasteiger charge is -2.14. The van der Waals surface area contributed by atoms with Crippen LogP contribution in [0, 0.1) is 12.8 Å². The summed E-state index contributed by atoms with van der Waals surface area (Å²) in [5, 5.41) is 11.9. The molecule has 4 nitrogen and oxygen atoms in total. The van der Waals surface area contributed by atoms with Gasteiger partial charge >= 0.3 is 5.97 Å². The summed E-state index contributed by atoms with van der Waals surface area (Å²) >= 11 is 0. The highest BCUT2D eigenvalue weighted by Gasteiger charge is 2.19. The van der Waals surface area contributed by atoms with Crippen molar-refractivity contribution in [3.63, 3.8) is 0 Å². The Morgan fingerprint density at radius 3 is 2.50 bits per heavy atom. The van der Waals surface area contributed by atoms with Crippen molar-refractivity contribution in [2.24, 2.45) is 5.92 Å². The number of carbonyl (C=O) groups is 2. The number of aryl methyl sites for hydroxylation is 1. The van der Waals surface area contributed by atoms with E-state index in [9.17, 15) is 14.7 Å². The Kier molecular flexibility index (Phi) is 5.97. The first-order valence-corrected chi connectivity index (χ1v) is 6.60. The summed E-state index contributed by atoms with van der Waals surface area (Å²) in [7, 11) is 0. The number of carboxylic acid groups (broad SMARTS) is 1. The van der Waals surface area contributed by atoms with Crippen LogP contribution in [0.25, 0.3) is 0 Å². The van der Waals surface area contributed by atoms with Crippen LogP contribution in [0.15, 0.2) is 35.9 Å². The van der Waals surface area contributed by atoms with Gasteiger partial charge in [-0.25, -0.2) is 0 Å². The number of benzene rings is 1. The van der Waals surface area contributed by atoms with E-state index in [1.165, 1.54) is 6.08 Å². The number of amides is 1. The Balaban J connectivity index is 2.67. The van der Waals surface area contributed by atoms with Crippen LogP contribution in [0.4, 0.5) is 0 Å². The van der Waals surface area contributed by atoms with E-state index in [-0.39, 0.29) is 12.5 Å². The summed E-state index contributed by atoms with van der Waals surface area (Å²) in [4.78, 5) is 22.8. The molecule has 108 valence electrons. The molecule has 1 aromatic carbocycles. The second-order valence-electron chi connectivity index (χ2n) is 5.13. The lowest BCUT2D eigenvalue weighted by atomic mass is 9.96. The minimum absolute atomic E-state index is 0.131. The second kappa shape index (κ2) is 7.48. The third-order valence-electron chi connectivity index (χ3n) is 3.02. The van der Waals surface area contributed by atoms with Crippen LogP contribution in [0.5, 0.6) is 0 Å². The first kappa shape index (κ1) is 16.0. The molecule has 2 N–H and O–H groups in total. The molecule has 20 heavy (non-hydrogen) atoms. The van der Waals surface area contributed by atoms with Crippen molar-refractivity contribution in [1.29, 1.82) is 0 Å². The molecule has 1 aromatic rings. The lowest BCUT2D eigenvalue weighted by molar-refractivity contribution is -0.141. The highest BCUT2D eigenvalue weighted by atomic mass is 16.4. The molecule has 0 aliphatic heterocycles. The van der Waals surface area contributed by atoms with Gasteiger partial charge in [0.1, 0.15) is 0 Å². The van der Waals surface area contributed by atoms with Crippen molar-refractivity contribution in [1.82, 2.24) is 5.32 Å². The predicted octanol–water partition coefficient (Wildman–Crippen LogP) is 2.32.